The minimum atomic E-state index is -3.60. The van der Waals surface area contributed by atoms with Crippen LogP contribution in [-0.4, -0.2) is 54.7 Å². The van der Waals surface area contributed by atoms with Crippen molar-refractivity contribution in [3.05, 3.63) is 44.9 Å². The molecule has 0 saturated carbocycles. The molecule has 2 aromatic rings. The molecule has 6 nitrogen and oxygen atoms in total. The average Bonchev–Trinajstić information content (AvgIpc) is 2.92. The molecule has 0 bridgehead atoms. The Morgan fingerprint density at radius 2 is 1.88 bits per heavy atom. The number of carbonyl (C=O) groups is 1. The first-order valence-corrected chi connectivity index (χ1v) is 10.4. The van der Waals surface area contributed by atoms with E-state index in [1.54, 1.807) is 17.0 Å². The third kappa shape index (κ3) is 3.72. The maximum absolute atomic E-state index is 12.7. The summed E-state index contributed by atoms with van der Waals surface area (Å²) in [6.07, 6.45) is 0. The van der Waals surface area contributed by atoms with Gasteiger partial charge in [-0.15, -0.1) is 11.3 Å². The van der Waals surface area contributed by atoms with Gasteiger partial charge in [0.25, 0.3) is 5.91 Å². The summed E-state index contributed by atoms with van der Waals surface area (Å²) >= 11 is 7.27. The Labute approximate surface area is 156 Å². The Morgan fingerprint density at radius 3 is 2.44 bits per heavy atom. The lowest BCUT2D eigenvalue weighted by molar-refractivity contribution is 0.0702. The summed E-state index contributed by atoms with van der Waals surface area (Å²) < 4.78 is 26.8. The van der Waals surface area contributed by atoms with Crippen molar-refractivity contribution in [2.45, 2.75) is 18.7 Å². The average molecular weight is 400 g/mol. The van der Waals surface area contributed by atoms with Crippen molar-refractivity contribution in [2.75, 3.05) is 26.2 Å². The number of nitrogens with zero attached hydrogens (tertiary/aromatic N) is 3. The Balaban J connectivity index is 1.71. The molecule has 0 radical (unpaired) electrons. The van der Waals surface area contributed by atoms with E-state index >= 15 is 0 Å². The predicted octanol–water partition coefficient (Wildman–Crippen LogP) is 2.56. The highest BCUT2D eigenvalue weighted by Gasteiger charge is 2.31. The third-order valence-corrected chi connectivity index (χ3v) is 7.25. The minimum Gasteiger partial charge on any atom is -0.335 e. The number of piperazine rings is 1. The van der Waals surface area contributed by atoms with Crippen LogP contribution in [0.15, 0.2) is 29.2 Å². The third-order valence-electron chi connectivity index (χ3n) is 4.06. The summed E-state index contributed by atoms with van der Waals surface area (Å²) in [5.74, 6) is -0.0806. The molecular weight excluding hydrogens is 382 g/mol. The number of hydrogen-bond donors (Lipinski definition) is 0. The summed E-state index contributed by atoms with van der Waals surface area (Å²) in [5, 5.41) is 1.23. The Morgan fingerprint density at radius 1 is 1.20 bits per heavy atom. The normalized spacial score (nSPS) is 16.2. The van der Waals surface area contributed by atoms with Crippen molar-refractivity contribution >= 4 is 38.9 Å². The molecule has 1 aliphatic heterocycles. The van der Waals surface area contributed by atoms with Crippen LogP contribution in [0.25, 0.3) is 0 Å². The standard InChI is InChI=1S/C16H18ClN3O3S2/c1-11-15(24-12(2)18-11)16(21)19-6-8-20(9-7-19)25(22,23)14-5-3-4-13(17)10-14/h3-5,10H,6-9H2,1-2H3. The highest BCUT2D eigenvalue weighted by Crippen LogP contribution is 2.23. The quantitative estimate of drug-likeness (QED) is 0.795. The number of sulfonamides is 1. The Kier molecular flexibility index (Phi) is 5.15. The van der Waals surface area contributed by atoms with Gasteiger partial charge < -0.3 is 4.90 Å². The van der Waals surface area contributed by atoms with Gasteiger partial charge >= 0.3 is 0 Å². The van der Waals surface area contributed by atoms with Gasteiger partial charge in [0.2, 0.25) is 10.0 Å². The highest BCUT2D eigenvalue weighted by molar-refractivity contribution is 7.89. The fraction of sp³-hybridized carbons (Fsp3) is 0.375. The smallest absolute Gasteiger partial charge is 0.265 e. The van der Waals surface area contributed by atoms with E-state index in [2.05, 4.69) is 4.98 Å². The van der Waals surface area contributed by atoms with Crippen molar-refractivity contribution < 1.29 is 13.2 Å². The van der Waals surface area contributed by atoms with Crippen LogP contribution in [0.1, 0.15) is 20.4 Å². The fourth-order valence-corrected chi connectivity index (χ4v) is 5.39. The SMILES string of the molecule is Cc1nc(C)c(C(=O)N2CCN(S(=O)(=O)c3cccc(Cl)c3)CC2)s1. The number of hydrogen-bond acceptors (Lipinski definition) is 5. The van der Waals surface area contributed by atoms with Crippen LogP contribution in [0.4, 0.5) is 0 Å². The molecule has 1 aromatic carbocycles. The van der Waals surface area contributed by atoms with Gasteiger partial charge in [0, 0.05) is 31.2 Å². The second-order valence-corrected chi connectivity index (χ2v) is 9.38. The zero-order valence-corrected chi connectivity index (χ0v) is 16.3. The maximum Gasteiger partial charge on any atom is 0.265 e. The molecule has 1 aromatic heterocycles. The molecule has 134 valence electrons. The summed E-state index contributed by atoms with van der Waals surface area (Å²) in [6, 6.07) is 6.22. The number of thiazole rings is 1. The lowest BCUT2D eigenvalue weighted by Crippen LogP contribution is -2.50. The zero-order valence-electron chi connectivity index (χ0n) is 13.9. The molecule has 0 N–H and O–H groups in total. The first kappa shape index (κ1) is 18.3. The summed E-state index contributed by atoms with van der Waals surface area (Å²) in [7, 11) is -3.60. The van der Waals surface area contributed by atoms with E-state index < -0.39 is 10.0 Å². The van der Waals surface area contributed by atoms with Crippen molar-refractivity contribution in [1.82, 2.24) is 14.2 Å². The molecule has 1 saturated heterocycles. The van der Waals surface area contributed by atoms with E-state index in [0.717, 1.165) is 10.7 Å². The van der Waals surface area contributed by atoms with E-state index in [1.165, 1.54) is 27.8 Å². The number of benzene rings is 1. The van der Waals surface area contributed by atoms with Crippen LogP contribution in [0.5, 0.6) is 0 Å². The van der Waals surface area contributed by atoms with Crippen molar-refractivity contribution in [3.63, 3.8) is 0 Å². The van der Waals surface area contributed by atoms with E-state index in [4.69, 9.17) is 11.6 Å². The van der Waals surface area contributed by atoms with Crippen molar-refractivity contribution in [1.29, 1.82) is 0 Å². The molecular formula is C16H18ClN3O3S2. The van der Waals surface area contributed by atoms with Gasteiger partial charge in [0.15, 0.2) is 0 Å². The first-order chi connectivity index (χ1) is 11.8. The zero-order chi connectivity index (χ0) is 18.2. The number of rotatable bonds is 3. The molecule has 1 amide bonds. The second-order valence-electron chi connectivity index (χ2n) is 5.80. The van der Waals surface area contributed by atoms with E-state index in [9.17, 15) is 13.2 Å². The van der Waals surface area contributed by atoms with Crippen LogP contribution in [0.3, 0.4) is 0 Å². The lowest BCUT2D eigenvalue weighted by Gasteiger charge is -2.33. The van der Waals surface area contributed by atoms with Crippen LogP contribution in [0, 0.1) is 13.8 Å². The van der Waals surface area contributed by atoms with Crippen LogP contribution in [-0.2, 0) is 10.0 Å². The maximum atomic E-state index is 12.7. The largest absolute Gasteiger partial charge is 0.335 e. The van der Waals surface area contributed by atoms with Gasteiger partial charge in [-0.05, 0) is 32.0 Å². The predicted molar refractivity (Wildman–Crippen MR) is 97.7 cm³/mol. The minimum absolute atomic E-state index is 0.0806. The molecule has 0 aliphatic carbocycles. The van der Waals surface area contributed by atoms with Crippen LogP contribution < -0.4 is 0 Å². The Hall–Kier alpha value is -1.48. The molecule has 3 rings (SSSR count). The number of aryl methyl sites for hydroxylation is 2. The molecule has 1 aliphatic rings. The summed E-state index contributed by atoms with van der Waals surface area (Å²) in [4.78, 5) is 19.4. The van der Waals surface area contributed by atoms with Gasteiger partial charge in [0.1, 0.15) is 4.88 Å². The van der Waals surface area contributed by atoms with Crippen LogP contribution in [0.2, 0.25) is 5.02 Å². The van der Waals surface area contributed by atoms with Gasteiger partial charge in [-0.25, -0.2) is 13.4 Å². The second kappa shape index (κ2) is 7.03. The van der Waals surface area contributed by atoms with Crippen LogP contribution >= 0.6 is 22.9 Å². The van der Waals surface area contributed by atoms with Gasteiger partial charge in [-0.1, -0.05) is 17.7 Å². The van der Waals surface area contributed by atoms with E-state index in [1.807, 2.05) is 13.8 Å². The lowest BCUT2D eigenvalue weighted by atomic mass is 10.3. The van der Waals surface area contributed by atoms with Gasteiger partial charge in [-0.2, -0.15) is 4.31 Å². The molecule has 25 heavy (non-hydrogen) atoms. The van der Waals surface area contributed by atoms with Gasteiger partial charge in [0.05, 0.1) is 15.6 Å². The topological polar surface area (TPSA) is 70.6 Å². The number of carbonyl (C=O) groups excluding carboxylic acids is 1. The van der Waals surface area contributed by atoms with E-state index in [-0.39, 0.29) is 23.9 Å². The fourth-order valence-electron chi connectivity index (χ4n) is 2.78. The monoisotopic (exact) mass is 399 g/mol. The first-order valence-electron chi connectivity index (χ1n) is 7.78. The number of amides is 1. The summed E-state index contributed by atoms with van der Waals surface area (Å²) in [6.45, 7) is 4.92. The highest BCUT2D eigenvalue weighted by atomic mass is 35.5. The molecule has 9 heteroatoms. The summed E-state index contributed by atoms with van der Waals surface area (Å²) in [5.41, 5.74) is 0.724. The van der Waals surface area contributed by atoms with Gasteiger partial charge in [-0.3, -0.25) is 4.79 Å². The molecule has 0 atom stereocenters. The molecule has 1 fully saturated rings. The number of halogens is 1. The Bertz CT molecular complexity index is 903. The molecule has 0 spiro atoms. The van der Waals surface area contributed by atoms with Crippen molar-refractivity contribution in [2.24, 2.45) is 0 Å². The van der Waals surface area contributed by atoms with E-state index in [0.29, 0.717) is 23.0 Å². The molecule has 0 unspecified atom stereocenters. The van der Waals surface area contributed by atoms with Crippen molar-refractivity contribution in [3.8, 4) is 0 Å². The molecule has 2 heterocycles. The number of aromatic nitrogens is 1.